The Labute approximate surface area is 85.0 Å². The van der Waals surface area contributed by atoms with Gasteiger partial charge in [-0.3, -0.25) is 0 Å². The molecule has 12 heavy (non-hydrogen) atoms. The molecule has 1 aromatic rings. The van der Waals surface area contributed by atoms with Crippen molar-refractivity contribution in [2.45, 2.75) is 6.42 Å². The fraction of sp³-hybridized carbons (Fsp3) is 0.250. The second-order valence-corrected chi connectivity index (χ2v) is 3.26. The smallest absolute Gasteiger partial charge is 0.230 e. The summed E-state index contributed by atoms with van der Waals surface area (Å²) in [4.78, 5) is 7.83. The highest BCUT2D eigenvalue weighted by Gasteiger charge is 1.99. The summed E-state index contributed by atoms with van der Waals surface area (Å²) in [6.45, 7) is 4.22. The van der Waals surface area contributed by atoms with Crippen LogP contribution >= 0.6 is 22.6 Å². The third kappa shape index (κ3) is 2.77. The summed E-state index contributed by atoms with van der Waals surface area (Å²) in [5.74, 6) is 0.646. The van der Waals surface area contributed by atoms with Gasteiger partial charge in [0.25, 0.3) is 0 Å². The van der Waals surface area contributed by atoms with Crippen LogP contribution in [0.25, 0.3) is 0 Å². The number of nitrogens with zero attached hydrogens (tertiary/aromatic N) is 2. The Kier molecular flexibility index (Phi) is 3.99. The average Bonchev–Trinajstić information content (AvgIpc) is 2.09. The van der Waals surface area contributed by atoms with Crippen molar-refractivity contribution in [1.29, 1.82) is 0 Å². The highest BCUT2D eigenvalue weighted by molar-refractivity contribution is 14.1. The van der Waals surface area contributed by atoms with Crippen LogP contribution in [0.15, 0.2) is 25.2 Å². The lowest BCUT2D eigenvalue weighted by atomic mass is 10.4. The van der Waals surface area contributed by atoms with Gasteiger partial charge < -0.3 is 4.74 Å². The van der Waals surface area contributed by atoms with E-state index in [1.165, 1.54) is 6.33 Å². The predicted molar refractivity (Wildman–Crippen MR) is 55.1 cm³/mol. The van der Waals surface area contributed by atoms with E-state index in [-0.39, 0.29) is 0 Å². The molecule has 0 aromatic carbocycles. The molecule has 1 rings (SSSR count). The summed E-state index contributed by atoms with van der Waals surface area (Å²) >= 11 is 2.14. The Morgan fingerprint density at radius 1 is 1.67 bits per heavy atom. The minimum atomic E-state index is 0.622. The van der Waals surface area contributed by atoms with Crippen molar-refractivity contribution in [2.24, 2.45) is 0 Å². The summed E-state index contributed by atoms with van der Waals surface area (Å²) in [5, 5.41) is 0. The quantitative estimate of drug-likeness (QED) is 0.479. The molecule has 1 heterocycles. The monoisotopic (exact) mass is 276 g/mol. The van der Waals surface area contributed by atoms with E-state index >= 15 is 0 Å². The molecule has 0 amide bonds. The van der Waals surface area contributed by atoms with Gasteiger partial charge in [0.15, 0.2) is 0 Å². The van der Waals surface area contributed by atoms with Gasteiger partial charge in [0, 0.05) is 6.20 Å². The molecule has 0 fully saturated rings. The maximum Gasteiger partial charge on any atom is 0.230 e. The van der Waals surface area contributed by atoms with Gasteiger partial charge in [-0.05, 0) is 29.0 Å². The molecule has 0 bridgehead atoms. The molecule has 1 aromatic heterocycles. The lowest BCUT2D eigenvalue weighted by Gasteiger charge is -2.03. The number of halogens is 1. The van der Waals surface area contributed by atoms with E-state index in [1.807, 2.05) is 6.08 Å². The molecule has 0 radical (unpaired) electrons. The second kappa shape index (κ2) is 5.08. The summed E-state index contributed by atoms with van der Waals surface area (Å²) in [7, 11) is 0. The van der Waals surface area contributed by atoms with E-state index in [0.717, 1.165) is 9.99 Å². The highest BCUT2D eigenvalue weighted by Crippen LogP contribution is 2.14. The van der Waals surface area contributed by atoms with E-state index in [2.05, 4.69) is 39.1 Å². The Morgan fingerprint density at radius 3 is 3.17 bits per heavy atom. The third-order valence-corrected chi connectivity index (χ3v) is 1.93. The summed E-state index contributed by atoms with van der Waals surface area (Å²) < 4.78 is 6.28. The van der Waals surface area contributed by atoms with E-state index in [0.29, 0.717) is 12.5 Å². The van der Waals surface area contributed by atoms with Crippen LogP contribution in [0.4, 0.5) is 0 Å². The average molecular weight is 276 g/mol. The SMILES string of the molecule is C=CCCOc1ncncc1I. The molecule has 0 aliphatic heterocycles. The Bertz CT molecular complexity index is 265. The van der Waals surface area contributed by atoms with Crippen LogP contribution < -0.4 is 4.74 Å². The maximum absolute atomic E-state index is 5.35. The summed E-state index contributed by atoms with van der Waals surface area (Å²) in [5.41, 5.74) is 0. The first-order valence-electron chi connectivity index (χ1n) is 3.54. The molecule has 0 atom stereocenters. The topological polar surface area (TPSA) is 35.0 Å². The van der Waals surface area contributed by atoms with Crippen molar-refractivity contribution < 1.29 is 4.74 Å². The van der Waals surface area contributed by atoms with Crippen molar-refractivity contribution in [2.75, 3.05) is 6.61 Å². The molecule has 0 aliphatic rings. The van der Waals surface area contributed by atoms with Crippen molar-refractivity contribution >= 4 is 22.6 Å². The Morgan fingerprint density at radius 2 is 2.50 bits per heavy atom. The van der Waals surface area contributed by atoms with Gasteiger partial charge in [0.05, 0.1) is 10.2 Å². The zero-order chi connectivity index (χ0) is 8.81. The molecular weight excluding hydrogens is 267 g/mol. The minimum absolute atomic E-state index is 0.622. The molecule has 0 unspecified atom stereocenters. The standard InChI is InChI=1S/C8H9IN2O/c1-2-3-4-12-8-7(9)5-10-6-11-8/h2,5-6H,1,3-4H2. The van der Waals surface area contributed by atoms with Gasteiger partial charge in [-0.15, -0.1) is 6.58 Å². The van der Waals surface area contributed by atoms with Crippen molar-refractivity contribution in [3.05, 3.63) is 28.7 Å². The lowest BCUT2D eigenvalue weighted by molar-refractivity contribution is 0.309. The lowest BCUT2D eigenvalue weighted by Crippen LogP contribution is -1.99. The minimum Gasteiger partial charge on any atom is -0.477 e. The van der Waals surface area contributed by atoms with Gasteiger partial charge in [-0.1, -0.05) is 6.08 Å². The van der Waals surface area contributed by atoms with Crippen LogP contribution in [0, 0.1) is 3.57 Å². The fourth-order valence-electron chi connectivity index (χ4n) is 0.647. The van der Waals surface area contributed by atoms with Crippen LogP contribution in [0.1, 0.15) is 6.42 Å². The van der Waals surface area contributed by atoms with E-state index in [4.69, 9.17) is 4.74 Å². The maximum atomic E-state index is 5.35. The van der Waals surface area contributed by atoms with E-state index in [1.54, 1.807) is 6.20 Å². The van der Waals surface area contributed by atoms with Crippen LogP contribution in [0.5, 0.6) is 5.88 Å². The molecule has 3 nitrogen and oxygen atoms in total. The number of hydrogen-bond acceptors (Lipinski definition) is 3. The first-order chi connectivity index (χ1) is 5.84. The first-order valence-corrected chi connectivity index (χ1v) is 4.61. The summed E-state index contributed by atoms with van der Waals surface area (Å²) in [6.07, 6.45) is 5.84. The van der Waals surface area contributed by atoms with Crippen LogP contribution in [0.3, 0.4) is 0 Å². The number of aromatic nitrogens is 2. The zero-order valence-corrected chi connectivity index (χ0v) is 8.69. The predicted octanol–water partition coefficient (Wildman–Crippen LogP) is 2.04. The number of rotatable bonds is 4. The van der Waals surface area contributed by atoms with Crippen LogP contribution in [-0.2, 0) is 0 Å². The van der Waals surface area contributed by atoms with Gasteiger partial charge >= 0.3 is 0 Å². The van der Waals surface area contributed by atoms with E-state index < -0.39 is 0 Å². The van der Waals surface area contributed by atoms with Gasteiger partial charge in [0.1, 0.15) is 6.33 Å². The van der Waals surface area contributed by atoms with Crippen molar-refractivity contribution in [1.82, 2.24) is 9.97 Å². The van der Waals surface area contributed by atoms with Gasteiger partial charge in [-0.25, -0.2) is 9.97 Å². The molecule has 0 spiro atoms. The Hall–Kier alpha value is -0.650. The zero-order valence-electron chi connectivity index (χ0n) is 6.53. The van der Waals surface area contributed by atoms with Crippen molar-refractivity contribution in [3.63, 3.8) is 0 Å². The number of hydrogen-bond donors (Lipinski definition) is 0. The van der Waals surface area contributed by atoms with E-state index in [9.17, 15) is 0 Å². The van der Waals surface area contributed by atoms with Crippen molar-refractivity contribution in [3.8, 4) is 5.88 Å². The second-order valence-electron chi connectivity index (χ2n) is 2.10. The fourth-order valence-corrected chi connectivity index (χ4v) is 1.10. The van der Waals surface area contributed by atoms with Crippen LogP contribution in [0.2, 0.25) is 0 Å². The molecular formula is C8H9IN2O. The Balaban J connectivity index is 2.51. The van der Waals surface area contributed by atoms with Gasteiger partial charge in [-0.2, -0.15) is 0 Å². The van der Waals surface area contributed by atoms with Crippen LogP contribution in [-0.4, -0.2) is 16.6 Å². The molecule has 64 valence electrons. The summed E-state index contributed by atoms with van der Waals surface area (Å²) in [6, 6.07) is 0. The third-order valence-electron chi connectivity index (χ3n) is 1.19. The molecule has 0 N–H and O–H groups in total. The molecule has 0 saturated heterocycles. The normalized spacial score (nSPS) is 9.42. The molecule has 0 aliphatic carbocycles. The molecule has 4 heteroatoms. The number of ether oxygens (including phenoxy) is 1. The highest BCUT2D eigenvalue weighted by atomic mass is 127. The first kappa shape index (κ1) is 9.44. The van der Waals surface area contributed by atoms with Gasteiger partial charge in [0.2, 0.25) is 5.88 Å². The molecule has 0 saturated carbocycles. The largest absolute Gasteiger partial charge is 0.477 e.